The number of nitrogens with zero attached hydrogens (tertiary/aromatic N) is 1. The van der Waals surface area contributed by atoms with Crippen molar-refractivity contribution in [2.45, 2.75) is 37.0 Å². The monoisotopic (exact) mass is 325 g/mol. The van der Waals surface area contributed by atoms with Crippen molar-refractivity contribution >= 4 is 0 Å². The highest BCUT2D eigenvalue weighted by atomic mass is 16.3. The molecule has 3 N–H and O–H groups in total. The van der Waals surface area contributed by atoms with E-state index in [0.717, 1.165) is 36.2 Å². The van der Waals surface area contributed by atoms with Crippen LogP contribution in [-0.4, -0.2) is 39.4 Å². The molecule has 0 bridgehead atoms. The zero-order valence-corrected chi connectivity index (χ0v) is 13.6. The Balaban J connectivity index is 1.47. The Morgan fingerprint density at radius 2 is 1.71 bits per heavy atom. The lowest BCUT2D eigenvalue weighted by molar-refractivity contribution is -0.0502. The van der Waals surface area contributed by atoms with Gasteiger partial charge in [0.25, 0.3) is 0 Å². The van der Waals surface area contributed by atoms with E-state index in [-0.39, 0.29) is 11.8 Å². The van der Waals surface area contributed by atoms with E-state index in [1.165, 1.54) is 0 Å². The fourth-order valence-electron chi connectivity index (χ4n) is 4.19. The van der Waals surface area contributed by atoms with Crippen molar-refractivity contribution in [1.82, 2.24) is 4.90 Å². The number of aromatic hydroxyl groups is 1. The van der Waals surface area contributed by atoms with E-state index in [0.29, 0.717) is 12.8 Å². The molecular weight excluding hydrogens is 302 g/mol. The maximum Gasteiger partial charge on any atom is 0.115 e. The molecule has 4 rings (SSSR count). The van der Waals surface area contributed by atoms with Gasteiger partial charge in [0.15, 0.2) is 0 Å². The highest BCUT2D eigenvalue weighted by Crippen LogP contribution is 2.40. The zero-order chi connectivity index (χ0) is 16.7. The molecule has 24 heavy (non-hydrogen) atoms. The van der Waals surface area contributed by atoms with Crippen LogP contribution in [0.3, 0.4) is 0 Å². The number of hydrogen-bond acceptors (Lipinski definition) is 4. The minimum atomic E-state index is -0.771. The number of rotatable bonds is 2. The molecule has 2 atom stereocenters. The van der Waals surface area contributed by atoms with Crippen molar-refractivity contribution in [3.8, 4) is 5.75 Å². The molecule has 126 valence electrons. The lowest BCUT2D eigenvalue weighted by Crippen LogP contribution is -2.48. The van der Waals surface area contributed by atoms with E-state index in [9.17, 15) is 15.3 Å². The summed E-state index contributed by atoms with van der Waals surface area (Å²) in [6, 6.07) is 15.1. The standard InChI is InChI=1S/C20H23NO3/c22-16-6-7-17-14(12-16)13-18(19(17)23)21-10-8-20(24,9-11-21)15-4-2-1-3-5-15/h1-7,12,18-19,22-24H,8-11,13H2/t18-,19+/m0/s1. The largest absolute Gasteiger partial charge is 0.508 e. The van der Waals surface area contributed by atoms with Gasteiger partial charge in [-0.3, -0.25) is 4.90 Å². The van der Waals surface area contributed by atoms with Crippen LogP contribution in [-0.2, 0) is 12.0 Å². The van der Waals surface area contributed by atoms with Crippen LogP contribution in [0.2, 0.25) is 0 Å². The first-order valence-corrected chi connectivity index (χ1v) is 8.59. The van der Waals surface area contributed by atoms with E-state index in [1.54, 1.807) is 12.1 Å². The van der Waals surface area contributed by atoms with Crippen LogP contribution < -0.4 is 0 Å². The van der Waals surface area contributed by atoms with Gasteiger partial charge < -0.3 is 15.3 Å². The van der Waals surface area contributed by atoms with E-state index in [4.69, 9.17) is 0 Å². The molecule has 0 aromatic heterocycles. The predicted molar refractivity (Wildman–Crippen MR) is 91.7 cm³/mol. The van der Waals surface area contributed by atoms with Gasteiger partial charge in [0.05, 0.1) is 11.7 Å². The van der Waals surface area contributed by atoms with Crippen molar-refractivity contribution in [2.24, 2.45) is 0 Å². The van der Waals surface area contributed by atoms with Gasteiger partial charge >= 0.3 is 0 Å². The van der Waals surface area contributed by atoms with Gasteiger partial charge in [-0.2, -0.15) is 0 Å². The minimum Gasteiger partial charge on any atom is -0.508 e. The molecule has 1 aliphatic heterocycles. The van der Waals surface area contributed by atoms with Gasteiger partial charge in [-0.25, -0.2) is 0 Å². The van der Waals surface area contributed by atoms with E-state index < -0.39 is 11.7 Å². The lowest BCUT2D eigenvalue weighted by Gasteiger charge is -2.42. The summed E-state index contributed by atoms with van der Waals surface area (Å²) in [5.41, 5.74) is 2.15. The third-order valence-corrected chi connectivity index (χ3v) is 5.64. The number of likely N-dealkylation sites (tertiary alicyclic amines) is 1. The molecule has 1 heterocycles. The third kappa shape index (κ3) is 2.61. The van der Waals surface area contributed by atoms with Gasteiger partial charge in [-0.1, -0.05) is 36.4 Å². The Kier molecular flexibility index (Phi) is 3.83. The quantitative estimate of drug-likeness (QED) is 0.793. The summed E-state index contributed by atoms with van der Waals surface area (Å²) < 4.78 is 0. The number of benzene rings is 2. The minimum absolute atomic E-state index is 0.0297. The first-order chi connectivity index (χ1) is 11.6. The van der Waals surface area contributed by atoms with Gasteiger partial charge in [-0.05, 0) is 48.1 Å². The van der Waals surface area contributed by atoms with Crippen LogP contribution in [0.25, 0.3) is 0 Å². The number of hydrogen-bond donors (Lipinski definition) is 3. The highest BCUT2D eigenvalue weighted by Gasteiger charge is 2.40. The van der Waals surface area contributed by atoms with Crippen LogP contribution in [0.4, 0.5) is 0 Å². The molecule has 0 saturated carbocycles. The number of fused-ring (bicyclic) bond motifs is 1. The Morgan fingerprint density at radius 3 is 2.42 bits per heavy atom. The Labute approximate surface area is 142 Å². The van der Waals surface area contributed by atoms with Crippen LogP contribution in [0.15, 0.2) is 48.5 Å². The van der Waals surface area contributed by atoms with Crippen molar-refractivity contribution in [3.05, 3.63) is 65.2 Å². The molecule has 4 heteroatoms. The summed E-state index contributed by atoms with van der Waals surface area (Å²) >= 11 is 0. The highest BCUT2D eigenvalue weighted by molar-refractivity contribution is 5.41. The second-order valence-corrected chi connectivity index (χ2v) is 7.03. The second kappa shape index (κ2) is 5.88. The number of phenols is 1. The molecular formula is C20H23NO3. The summed E-state index contributed by atoms with van der Waals surface area (Å²) in [5, 5.41) is 31.2. The Morgan fingerprint density at radius 1 is 1.00 bits per heavy atom. The van der Waals surface area contributed by atoms with Crippen LogP contribution in [0.1, 0.15) is 35.6 Å². The molecule has 1 aliphatic carbocycles. The molecule has 0 spiro atoms. The fourth-order valence-corrected chi connectivity index (χ4v) is 4.19. The van der Waals surface area contributed by atoms with Crippen LogP contribution >= 0.6 is 0 Å². The summed E-state index contributed by atoms with van der Waals surface area (Å²) in [7, 11) is 0. The molecule has 2 aromatic rings. The smallest absolute Gasteiger partial charge is 0.115 e. The normalized spacial score (nSPS) is 26.2. The van der Waals surface area contributed by atoms with Crippen LogP contribution in [0.5, 0.6) is 5.75 Å². The zero-order valence-electron chi connectivity index (χ0n) is 13.6. The lowest BCUT2D eigenvalue weighted by atomic mass is 9.84. The first kappa shape index (κ1) is 15.6. The van der Waals surface area contributed by atoms with Crippen molar-refractivity contribution in [3.63, 3.8) is 0 Å². The number of phenolic OH excluding ortho intramolecular Hbond substituents is 1. The Bertz CT molecular complexity index is 723. The van der Waals surface area contributed by atoms with E-state index >= 15 is 0 Å². The Hall–Kier alpha value is -1.88. The molecule has 4 nitrogen and oxygen atoms in total. The summed E-state index contributed by atoms with van der Waals surface area (Å²) in [6.45, 7) is 1.51. The predicted octanol–water partition coefficient (Wildman–Crippen LogP) is 2.33. The van der Waals surface area contributed by atoms with Gasteiger partial charge in [0.2, 0.25) is 0 Å². The maximum absolute atomic E-state index is 11.0. The number of piperidine rings is 1. The SMILES string of the molecule is Oc1ccc2c(c1)C[C@H](N1CCC(O)(c3ccccc3)CC1)[C@@H]2O. The van der Waals surface area contributed by atoms with E-state index in [2.05, 4.69) is 4.90 Å². The topological polar surface area (TPSA) is 63.9 Å². The third-order valence-electron chi connectivity index (χ3n) is 5.64. The molecule has 1 saturated heterocycles. The second-order valence-electron chi connectivity index (χ2n) is 7.03. The first-order valence-electron chi connectivity index (χ1n) is 8.59. The van der Waals surface area contributed by atoms with Crippen LogP contribution in [0, 0.1) is 0 Å². The fraction of sp³-hybridized carbons (Fsp3) is 0.400. The maximum atomic E-state index is 11.0. The molecule has 0 radical (unpaired) electrons. The van der Waals surface area contributed by atoms with Gasteiger partial charge in [-0.15, -0.1) is 0 Å². The van der Waals surface area contributed by atoms with Gasteiger partial charge in [0.1, 0.15) is 5.75 Å². The molecule has 0 unspecified atom stereocenters. The molecule has 2 aliphatic rings. The number of aliphatic hydroxyl groups is 2. The van der Waals surface area contributed by atoms with Crippen molar-refractivity contribution < 1.29 is 15.3 Å². The average Bonchev–Trinajstić information content (AvgIpc) is 2.92. The van der Waals surface area contributed by atoms with Crippen molar-refractivity contribution in [2.75, 3.05) is 13.1 Å². The van der Waals surface area contributed by atoms with Gasteiger partial charge in [0, 0.05) is 19.1 Å². The van der Waals surface area contributed by atoms with E-state index in [1.807, 2.05) is 36.4 Å². The molecule has 0 amide bonds. The number of aliphatic hydroxyl groups excluding tert-OH is 1. The molecule has 2 aromatic carbocycles. The van der Waals surface area contributed by atoms with Crippen molar-refractivity contribution in [1.29, 1.82) is 0 Å². The molecule has 1 fully saturated rings. The summed E-state index contributed by atoms with van der Waals surface area (Å²) in [5.74, 6) is 0.249. The summed E-state index contributed by atoms with van der Waals surface area (Å²) in [4.78, 5) is 2.28. The summed E-state index contributed by atoms with van der Waals surface area (Å²) in [6.07, 6.45) is 1.56. The average molecular weight is 325 g/mol.